The molecule has 0 aliphatic heterocycles. The number of rotatable bonds is 7. The summed E-state index contributed by atoms with van der Waals surface area (Å²) < 4.78 is 1.98. The van der Waals surface area contributed by atoms with Crippen molar-refractivity contribution in [3.8, 4) is 0 Å². The number of carbonyl (C=O) groups excluding carboxylic acids is 1. The lowest BCUT2D eigenvalue weighted by molar-refractivity contribution is -0.150. The molecule has 0 rings (SSSR count). The maximum absolute atomic E-state index is 10.4. The average molecular weight is 274 g/mol. The number of aliphatic hydroxyl groups excluding tert-OH is 4. The number of hydrogen-bond acceptors (Lipinski definition) is 7. The second-order valence-electron chi connectivity index (χ2n) is 2.53. The third-order valence-corrected chi connectivity index (χ3v) is 1.77. The van der Waals surface area contributed by atoms with E-state index < -0.39 is 31.0 Å². The van der Waals surface area contributed by atoms with E-state index in [0.29, 0.717) is 0 Å². The molecule has 0 saturated carbocycles. The Morgan fingerprint density at radius 2 is 1.93 bits per heavy atom. The van der Waals surface area contributed by atoms with Gasteiger partial charge in [-0.15, -0.1) is 4.51 Å². The molecule has 0 spiro atoms. The zero-order valence-corrected chi connectivity index (χ0v) is 8.66. The summed E-state index contributed by atoms with van der Waals surface area (Å²) in [5.41, 5.74) is 0. The minimum atomic E-state index is -1.67. The molecule has 0 saturated heterocycles. The van der Waals surface area contributed by atoms with Gasteiger partial charge in [0.05, 0.1) is 6.61 Å². The molecule has 84 valence electrons. The average Bonchev–Trinajstić information content (AvgIpc) is 2.22. The Morgan fingerprint density at radius 3 is 2.29 bits per heavy atom. The van der Waals surface area contributed by atoms with E-state index in [4.69, 9.17) is 10.2 Å². The molecular weight excluding hydrogens is 262 g/mol. The molecule has 0 aliphatic carbocycles. The summed E-state index contributed by atoms with van der Waals surface area (Å²) in [7, 11) is 0. The predicted octanol–water partition coefficient (Wildman–Crippen LogP) is -2.54. The van der Waals surface area contributed by atoms with Crippen LogP contribution in [-0.2, 0) is 9.63 Å². The Bertz CT molecular complexity index is 170. The number of nitrogens with one attached hydrogen (secondary N) is 1. The van der Waals surface area contributed by atoms with Crippen LogP contribution in [0.25, 0.3) is 0 Å². The van der Waals surface area contributed by atoms with Crippen molar-refractivity contribution in [3.05, 3.63) is 0 Å². The highest BCUT2D eigenvalue weighted by molar-refractivity contribution is 9.07. The lowest BCUT2D eigenvalue weighted by atomic mass is 10.0. The van der Waals surface area contributed by atoms with Gasteiger partial charge in [-0.2, -0.15) is 0 Å². The molecule has 4 atom stereocenters. The lowest BCUT2D eigenvalue weighted by Gasteiger charge is -2.24. The second kappa shape index (κ2) is 7.23. The summed E-state index contributed by atoms with van der Waals surface area (Å²) in [4.78, 5) is 14.8. The molecule has 14 heavy (non-hydrogen) atoms. The van der Waals surface area contributed by atoms with Crippen molar-refractivity contribution >= 4 is 22.4 Å². The van der Waals surface area contributed by atoms with Crippen LogP contribution in [0.3, 0.4) is 0 Å². The summed E-state index contributed by atoms with van der Waals surface area (Å²) in [6.07, 6.45) is -5.96. The zero-order chi connectivity index (χ0) is 11.1. The maximum atomic E-state index is 10.4. The van der Waals surface area contributed by atoms with Crippen LogP contribution in [-0.4, -0.2) is 57.7 Å². The van der Waals surface area contributed by atoms with Gasteiger partial charge in [-0.1, -0.05) is 0 Å². The minimum Gasteiger partial charge on any atom is -0.394 e. The molecule has 0 bridgehead atoms. The van der Waals surface area contributed by atoms with Gasteiger partial charge in [-0.25, -0.2) is 0 Å². The normalized spacial score (nSPS) is 19.8. The Kier molecular flexibility index (Phi) is 7.19. The molecule has 0 heterocycles. The molecule has 0 aromatic rings. The van der Waals surface area contributed by atoms with Crippen LogP contribution in [0.15, 0.2) is 0 Å². The topological polar surface area (TPSA) is 119 Å². The van der Waals surface area contributed by atoms with Gasteiger partial charge in [-0.3, -0.25) is 4.84 Å². The van der Waals surface area contributed by atoms with Crippen LogP contribution < -0.4 is 4.51 Å². The van der Waals surface area contributed by atoms with Gasteiger partial charge >= 0.3 is 0 Å². The van der Waals surface area contributed by atoms with Gasteiger partial charge in [0.1, 0.15) is 18.3 Å². The quantitative estimate of drug-likeness (QED) is 0.197. The molecule has 0 aliphatic rings. The highest BCUT2D eigenvalue weighted by Crippen LogP contribution is 2.06. The van der Waals surface area contributed by atoms with Crippen molar-refractivity contribution in [1.82, 2.24) is 4.51 Å². The number of aldehydes is 1. The number of hydrogen-bond donors (Lipinski definition) is 5. The van der Waals surface area contributed by atoms with Crippen LogP contribution >= 0.6 is 16.1 Å². The van der Waals surface area contributed by atoms with Crippen molar-refractivity contribution in [1.29, 1.82) is 0 Å². The fourth-order valence-corrected chi connectivity index (χ4v) is 0.975. The van der Waals surface area contributed by atoms with Crippen molar-refractivity contribution in [2.24, 2.45) is 0 Å². The molecule has 0 fully saturated rings. The molecule has 5 N–H and O–H groups in total. The van der Waals surface area contributed by atoms with Crippen LogP contribution in [0.2, 0.25) is 0 Å². The third-order valence-electron chi connectivity index (χ3n) is 1.58. The van der Waals surface area contributed by atoms with Gasteiger partial charge < -0.3 is 25.2 Å². The smallest absolute Gasteiger partial charge is 0.163 e. The molecule has 7 nitrogen and oxygen atoms in total. The Morgan fingerprint density at radius 1 is 1.36 bits per heavy atom. The van der Waals surface area contributed by atoms with E-state index in [1.165, 1.54) is 0 Å². The Labute approximate surface area is 88.6 Å². The SMILES string of the molecule is O=C[C@H](ONBr)[C@@H](O)[C@H](O)[C@H](O)CO. The molecule has 0 radical (unpaired) electrons. The highest BCUT2D eigenvalue weighted by atomic mass is 79.9. The molecule has 0 aromatic heterocycles. The Hall–Kier alpha value is -0.0900. The van der Waals surface area contributed by atoms with Crippen LogP contribution in [0.4, 0.5) is 0 Å². The van der Waals surface area contributed by atoms with E-state index in [0.717, 1.165) is 0 Å². The van der Waals surface area contributed by atoms with Crippen molar-refractivity contribution in [2.75, 3.05) is 6.61 Å². The maximum Gasteiger partial charge on any atom is 0.163 e. The molecule has 8 heteroatoms. The van der Waals surface area contributed by atoms with Crippen molar-refractivity contribution < 1.29 is 30.1 Å². The van der Waals surface area contributed by atoms with Crippen molar-refractivity contribution in [2.45, 2.75) is 24.4 Å². The van der Waals surface area contributed by atoms with E-state index >= 15 is 0 Å². The first-order valence-electron chi connectivity index (χ1n) is 3.70. The Balaban J connectivity index is 4.25. The summed E-state index contributed by atoms with van der Waals surface area (Å²) in [5, 5.41) is 35.9. The van der Waals surface area contributed by atoms with E-state index in [-0.39, 0.29) is 6.29 Å². The predicted molar refractivity (Wildman–Crippen MR) is 48.1 cm³/mol. The second-order valence-corrected chi connectivity index (χ2v) is 2.85. The van der Waals surface area contributed by atoms with Gasteiger partial charge in [0.2, 0.25) is 0 Å². The van der Waals surface area contributed by atoms with Crippen LogP contribution in [0.1, 0.15) is 0 Å². The number of halogens is 1. The number of aliphatic hydroxyl groups is 4. The van der Waals surface area contributed by atoms with Gasteiger partial charge in [0.15, 0.2) is 12.4 Å². The first-order chi connectivity index (χ1) is 6.58. The van der Waals surface area contributed by atoms with E-state index in [2.05, 4.69) is 21.0 Å². The fraction of sp³-hybridized carbons (Fsp3) is 0.833. The summed E-state index contributed by atoms with van der Waals surface area (Å²) in [5.74, 6) is 0. The molecule has 0 unspecified atom stereocenters. The van der Waals surface area contributed by atoms with Crippen LogP contribution in [0.5, 0.6) is 0 Å². The largest absolute Gasteiger partial charge is 0.394 e. The van der Waals surface area contributed by atoms with Gasteiger partial charge in [-0.05, 0) is 0 Å². The fourth-order valence-electron chi connectivity index (χ4n) is 0.759. The van der Waals surface area contributed by atoms with Gasteiger partial charge in [0, 0.05) is 16.1 Å². The molecule has 0 amide bonds. The minimum absolute atomic E-state index is 0.242. The lowest BCUT2D eigenvalue weighted by Crippen LogP contribution is -2.48. The third kappa shape index (κ3) is 3.96. The monoisotopic (exact) mass is 273 g/mol. The summed E-state index contributed by atoms with van der Waals surface area (Å²) in [6.45, 7) is -0.731. The van der Waals surface area contributed by atoms with Crippen molar-refractivity contribution in [3.63, 3.8) is 0 Å². The standard InChI is InChI=1S/C6H12BrNO6/c7-8-14-4(2-10)6(13)5(12)3(11)1-9/h2-6,8-9,11-13H,1H2/t3-,4+,5-,6-/m1/s1. The summed E-state index contributed by atoms with van der Waals surface area (Å²) >= 11 is 2.63. The zero-order valence-electron chi connectivity index (χ0n) is 7.08. The first kappa shape index (κ1) is 13.9. The van der Waals surface area contributed by atoms with E-state index in [9.17, 15) is 15.0 Å². The molecular formula is C6H12BrNO6. The van der Waals surface area contributed by atoms with E-state index in [1.54, 1.807) is 0 Å². The first-order valence-corrected chi connectivity index (χ1v) is 4.49. The van der Waals surface area contributed by atoms with E-state index in [1.807, 2.05) is 4.51 Å². The highest BCUT2D eigenvalue weighted by Gasteiger charge is 2.31. The van der Waals surface area contributed by atoms with Crippen LogP contribution in [0, 0.1) is 0 Å². The summed E-state index contributed by atoms with van der Waals surface area (Å²) in [6, 6.07) is 0. The van der Waals surface area contributed by atoms with Gasteiger partial charge in [0.25, 0.3) is 0 Å². The number of carbonyl (C=O) groups is 1. The molecule has 0 aromatic carbocycles.